The zero-order valence-electron chi connectivity index (χ0n) is 16.8. The van der Waals surface area contributed by atoms with Crippen LogP contribution in [0.4, 0.5) is 11.4 Å². The average Bonchev–Trinajstić information content (AvgIpc) is 2.72. The third-order valence-electron chi connectivity index (χ3n) is 4.49. The van der Waals surface area contributed by atoms with Gasteiger partial charge in [-0.15, -0.1) is 0 Å². The van der Waals surface area contributed by atoms with Crippen LogP contribution in [0.3, 0.4) is 0 Å². The molecule has 0 saturated carbocycles. The summed E-state index contributed by atoms with van der Waals surface area (Å²) in [6.07, 6.45) is 0. The molecule has 154 valence electrons. The quantitative estimate of drug-likeness (QED) is 0.598. The van der Waals surface area contributed by atoms with Crippen molar-refractivity contribution in [2.45, 2.75) is 19.9 Å². The second kappa shape index (κ2) is 10.2. The summed E-state index contributed by atoms with van der Waals surface area (Å²) < 4.78 is 5.09. The third-order valence-corrected chi connectivity index (χ3v) is 4.49. The fourth-order valence-electron chi connectivity index (χ4n) is 2.71. The van der Waals surface area contributed by atoms with E-state index in [4.69, 9.17) is 10.5 Å². The highest BCUT2D eigenvalue weighted by molar-refractivity contribution is 5.97. The molecular weight excluding hydrogens is 372 g/mol. The number of hydrogen-bond donors (Lipinski definition) is 3. The van der Waals surface area contributed by atoms with Gasteiger partial charge in [0.2, 0.25) is 17.7 Å². The van der Waals surface area contributed by atoms with Gasteiger partial charge in [0.15, 0.2) is 0 Å². The van der Waals surface area contributed by atoms with Crippen molar-refractivity contribution < 1.29 is 19.1 Å². The standard InChI is InChI=1S/C21H26N4O4/c1-4-25(13-19(26)23-16-9-11-18(29-3)12-10-16)14(2)21(28)24-17-7-5-15(6-8-17)20(22)27/h5-12,14H,4,13H2,1-3H3,(H2,22,27)(H,23,26)(H,24,28)/t14-/m1/s1. The number of ether oxygens (including phenoxy) is 1. The summed E-state index contributed by atoms with van der Waals surface area (Å²) in [5.74, 6) is -0.304. The highest BCUT2D eigenvalue weighted by Crippen LogP contribution is 2.15. The number of anilines is 2. The van der Waals surface area contributed by atoms with Crippen molar-refractivity contribution in [2.24, 2.45) is 5.73 Å². The molecule has 0 aromatic heterocycles. The molecule has 8 heteroatoms. The minimum Gasteiger partial charge on any atom is -0.497 e. The summed E-state index contributed by atoms with van der Waals surface area (Å²) in [6.45, 7) is 4.20. The fraction of sp³-hybridized carbons (Fsp3) is 0.286. The van der Waals surface area contributed by atoms with Crippen LogP contribution >= 0.6 is 0 Å². The van der Waals surface area contributed by atoms with Gasteiger partial charge in [0, 0.05) is 16.9 Å². The Hall–Kier alpha value is -3.39. The Bertz CT molecular complexity index is 850. The molecule has 0 radical (unpaired) electrons. The number of nitrogens with two attached hydrogens (primary N) is 1. The number of carbonyl (C=O) groups is 3. The molecular formula is C21H26N4O4. The Labute approximate surface area is 170 Å². The summed E-state index contributed by atoms with van der Waals surface area (Å²) in [4.78, 5) is 37.8. The Morgan fingerprint density at radius 1 is 1.00 bits per heavy atom. The van der Waals surface area contributed by atoms with E-state index >= 15 is 0 Å². The van der Waals surface area contributed by atoms with E-state index in [1.807, 2.05) is 6.92 Å². The molecule has 0 aliphatic rings. The molecule has 0 unspecified atom stereocenters. The molecule has 29 heavy (non-hydrogen) atoms. The molecule has 0 aliphatic carbocycles. The zero-order valence-corrected chi connectivity index (χ0v) is 16.8. The molecule has 0 saturated heterocycles. The normalized spacial score (nSPS) is 11.6. The molecule has 0 spiro atoms. The first-order valence-electron chi connectivity index (χ1n) is 9.22. The Morgan fingerprint density at radius 3 is 2.07 bits per heavy atom. The van der Waals surface area contributed by atoms with Crippen LogP contribution < -0.4 is 21.1 Å². The maximum atomic E-state index is 12.6. The molecule has 0 bridgehead atoms. The van der Waals surface area contributed by atoms with Crippen LogP contribution in [-0.4, -0.2) is 48.9 Å². The van der Waals surface area contributed by atoms with Crippen LogP contribution in [0, 0.1) is 0 Å². The van der Waals surface area contributed by atoms with E-state index in [-0.39, 0.29) is 18.4 Å². The van der Waals surface area contributed by atoms with Crippen LogP contribution in [0.5, 0.6) is 5.75 Å². The predicted octanol–water partition coefficient (Wildman–Crippen LogP) is 2.08. The van der Waals surface area contributed by atoms with Gasteiger partial charge < -0.3 is 21.1 Å². The average molecular weight is 398 g/mol. The largest absolute Gasteiger partial charge is 0.497 e. The minimum absolute atomic E-state index is 0.0672. The van der Waals surface area contributed by atoms with E-state index in [2.05, 4.69) is 10.6 Å². The Morgan fingerprint density at radius 2 is 1.55 bits per heavy atom. The molecule has 0 fully saturated rings. The highest BCUT2D eigenvalue weighted by atomic mass is 16.5. The van der Waals surface area contributed by atoms with Gasteiger partial charge in [0.1, 0.15) is 5.75 Å². The van der Waals surface area contributed by atoms with Crippen LogP contribution in [-0.2, 0) is 9.59 Å². The third kappa shape index (κ3) is 6.32. The lowest BCUT2D eigenvalue weighted by atomic mass is 10.2. The first-order chi connectivity index (χ1) is 13.8. The zero-order chi connectivity index (χ0) is 21.4. The van der Waals surface area contributed by atoms with Gasteiger partial charge in [-0.1, -0.05) is 6.92 Å². The predicted molar refractivity (Wildman–Crippen MR) is 112 cm³/mol. The lowest BCUT2D eigenvalue weighted by Crippen LogP contribution is -2.45. The SMILES string of the molecule is CCN(CC(=O)Nc1ccc(OC)cc1)[C@H](C)C(=O)Nc1ccc(C(N)=O)cc1. The number of primary amides is 1. The van der Waals surface area contributed by atoms with Gasteiger partial charge in [-0.2, -0.15) is 0 Å². The first-order valence-corrected chi connectivity index (χ1v) is 9.22. The van der Waals surface area contributed by atoms with Gasteiger partial charge in [0.05, 0.1) is 19.7 Å². The molecule has 3 amide bonds. The first kappa shape index (κ1) is 21.9. The number of likely N-dealkylation sites (N-methyl/N-ethyl adjacent to an activating group) is 1. The van der Waals surface area contributed by atoms with Gasteiger partial charge in [-0.25, -0.2) is 0 Å². The second-order valence-electron chi connectivity index (χ2n) is 6.45. The number of hydrogen-bond acceptors (Lipinski definition) is 5. The fourth-order valence-corrected chi connectivity index (χ4v) is 2.71. The van der Waals surface area contributed by atoms with Gasteiger partial charge in [0.25, 0.3) is 0 Å². The molecule has 0 heterocycles. The van der Waals surface area contributed by atoms with E-state index < -0.39 is 11.9 Å². The number of carbonyl (C=O) groups excluding carboxylic acids is 3. The van der Waals surface area contributed by atoms with Crippen molar-refractivity contribution >= 4 is 29.1 Å². The summed E-state index contributed by atoms with van der Waals surface area (Å²) in [5.41, 5.74) is 6.77. The number of nitrogens with zero attached hydrogens (tertiary/aromatic N) is 1. The summed E-state index contributed by atoms with van der Waals surface area (Å²) in [6, 6.07) is 12.8. The van der Waals surface area contributed by atoms with Crippen molar-refractivity contribution in [1.82, 2.24) is 4.90 Å². The van der Waals surface area contributed by atoms with Crippen LogP contribution in [0.15, 0.2) is 48.5 Å². The topological polar surface area (TPSA) is 114 Å². The number of rotatable bonds is 9. The van der Waals surface area contributed by atoms with Crippen molar-refractivity contribution in [1.29, 1.82) is 0 Å². The van der Waals surface area contributed by atoms with Crippen LogP contribution in [0.1, 0.15) is 24.2 Å². The van der Waals surface area contributed by atoms with Crippen LogP contribution in [0.25, 0.3) is 0 Å². The molecule has 8 nitrogen and oxygen atoms in total. The smallest absolute Gasteiger partial charge is 0.248 e. The molecule has 1 atom stereocenters. The van der Waals surface area contributed by atoms with E-state index in [1.165, 1.54) is 0 Å². The number of amides is 3. The highest BCUT2D eigenvalue weighted by Gasteiger charge is 2.22. The monoisotopic (exact) mass is 398 g/mol. The minimum atomic E-state index is -0.531. The molecule has 2 rings (SSSR count). The van der Waals surface area contributed by atoms with E-state index in [1.54, 1.807) is 67.5 Å². The number of nitrogens with one attached hydrogen (secondary N) is 2. The van der Waals surface area contributed by atoms with Crippen molar-refractivity contribution in [3.8, 4) is 5.75 Å². The molecule has 2 aromatic carbocycles. The van der Waals surface area contributed by atoms with Crippen molar-refractivity contribution in [3.63, 3.8) is 0 Å². The Balaban J connectivity index is 1.93. The Kier molecular flexibility index (Phi) is 7.73. The number of methoxy groups -OCH3 is 1. The summed E-state index contributed by atoms with van der Waals surface area (Å²) in [5, 5.41) is 5.59. The number of benzene rings is 2. The van der Waals surface area contributed by atoms with Gasteiger partial charge in [-0.05, 0) is 62.0 Å². The maximum absolute atomic E-state index is 12.6. The lowest BCUT2D eigenvalue weighted by Gasteiger charge is -2.26. The van der Waals surface area contributed by atoms with E-state index in [0.29, 0.717) is 29.2 Å². The lowest BCUT2D eigenvalue weighted by molar-refractivity contribution is -0.123. The maximum Gasteiger partial charge on any atom is 0.248 e. The van der Waals surface area contributed by atoms with Gasteiger partial charge >= 0.3 is 0 Å². The van der Waals surface area contributed by atoms with E-state index in [0.717, 1.165) is 0 Å². The van der Waals surface area contributed by atoms with Crippen molar-refractivity contribution in [3.05, 3.63) is 54.1 Å². The van der Waals surface area contributed by atoms with Gasteiger partial charge in [-0.3, -0.25) is 19.3 Å². The molecule has 2 aromatic rings. The summed E-state index contributed by atoms with van der Waals surface area (Å²) >= 11 is 0. The molecule has 0 aliphatic heterocycles. The summed E-state index contributed by atoms with van der Waals surface area (Å²) in [7, 11) is 1.57. The molecule has 4 N–H and O–H groups in total. The second-order valence-corrected chi connectivity index (χ2v) is 6.45. The van der Waals surface area contributed by atoms with E-state index in [9.17, 15) is 14.4 Å². The van der Waals surface area contributed by atoms with Crippen molar-refractivity contribution in [2.75, 3.05) is 30.8 Å². The van der Waals surface area contributed by atoms with Crippen LogP contribution in [0.2, 0.25) is 0 Å².